The first-order valence-electron chi connectivity index (χ1n) is 4.70. The molecule has 0 spiro atoms. The second-order valence-electron chi connectivity index (χ2n) is 3.53. The molecule has 2 nitrogen and oxygen atoms in total. The summed E-state index contributed by atoms with van der Waals surface area (Å²) in [6.45, 7) is 2.05. The van der Waals surface area contributed by atoms with Crippen molar-refractivity contribution in [1.82, 2.24) is 4.90 Å². The summed E-state index contributed by atoms with van der Waals surface area (Å²) < 4.78 is 0. The second-order valence-corrected chi connectivity index (χ2v) is 4.67. The van der Waals surface area contributed by atoms with Crippen LogP contribution in [0.15, 0.2) is 40.3 Å². The van der Waals surface area contributed by atoms with Gasteiger partial charge in [-0.1, -0.05) is 29.5 Å². The molecule has 0 fully saturated rings. The number of rotatable bonds is 4. The summed E-state index contributed by atoms with van der Waals surface area (Å²) in [5.74, 6) is 0. The molecule has 0 radical (unpaired) electrons. The van der Waals surface area contributed by atoms with Crippen molar-refractivity contribution in [3.05, 3.63) is 40.9 Å². The molecule has 0 saturated heterocycles. The van der Waals surface area contributed by atoms with Crippen LogP contribution in [0, 0.1) is 6.92 Å². The van der Waals surface area contributed by atoms with Gasteiger partial charge in [-0.2, -0.15) is 0 Å². The van der Waals surface area contributed by atoms with Gasteiger partial charge in [0.1, 0.15) is 0 Å². The smallest absolute Gasteiger partial charge is 0.158 e. The largest absolute Gasteiger partial charge is 0.382 e. The standard InChI is InChI=1S/C12H15NOS/c1-10-4-6-11(7-5-10)15-12(9-14)8-13(2)3/h4-9H,1-3H3/b12-8-. The molecule has 80 valence electrons. The lowest BCUT2D eigenvalue weighted by Crippen LogP contribution is -2.02. The first-order chi connectivity index (χ1) is 7.11. The van der Waals surface area contributed by atoms with Crippen molar-refractivity contribution in [2.24, 2.45) is 0 Å². The third-order valence-electron chi connectivity index (χ3n) is 1.76. The molecule has 0 heterocycles. The summed E-state index contributed by atoms with van der Waals surface area (Å²) in [6, 6.07) is 8.13. The lowest BCUT2D eigenvalue weighted by molar-refractivity contribution is -0.104. The number of carbonyl (C=O) groups excluding carboxylic acids is 1. The monoisotopic (exact) mass is 221 g/mol. The number of thioether (sulfide) groups is 1. The molecule has 1 aromatic carbocycles. The molecule has 15 heavy (non-hydrogen) atoms. The van der Waals surface area contributed by atoms with Crippen LogP contribution >= 0.6 is 11.8 Å². The second kappa shape index (κ2) is 5.61. The van der Waals surface area contributed by atoms with E-state index in [4.69, 9.17) is 0 Å². The van der Waals surface area contributed by atoms with Gasteiger partial charge in [0.2, 0.25) is 0 Å². The number of hydrogen-bond donors (Lipinski definition) is 0. The Bertz CT molecular complexity index is 354. The Morgan fingerprint density at radius 3 is 2.33 bits per heavy atom. The number of aryl methyl sites for hydroxylation is 1. The van der Waals surface area contributed by atoms with E-state index in [-0.39, 0.29) is 0 Å². The molecule has 0 amide bonds. The molecule has 3 heteroatoms. The van der Waals surface area contributed by atoms with Gasteiger partial charge in [0, 0.05) is 25.2 Å². The number of allylic oxidation sites excluding steroid dienone is 1. The number of carbonyl (C=O) groups is 1. The number of hydrogen-bond acceptors (Lipinski definition) is 3. The fourth-order valence-electron chi connectivity index (χ4n) is 1.08. The zero-order valence-corrected chi connectivity index (χ0v) is 10.0. The molecule has 0 aliphatic rings. The highest BCUT2D eigenvalue weighted by Gasteiger charge is 1.99. The molecule has 0 saturated carbocycles. The molecule has 0 aliphatic carbocycles. The quantitative estimate of drug-likeness (QED) is 0.443. The molecular weight excluding hydrogens is 206 g/mol. The molecule has 0 N–H and O–H groups in total. The highest BCUT2D eigenvalue weighted by molar-refractivity contribution is 8.03. The molecule has 0 atom stereocenters. The van der Waals surface area contributed by atoms with E-state index in [9.17, 15) is 4.79 Å². The predicted octanol–water partition coefficient (Wildman–Crippen LogP) is 2.69. The molecular formula is C12H15NOS. The molecule has 0 aromatic heterocycles. The van der Waals surface area contributed by atoms with Gasteiger partial charge in [0.25, 0.3) is 0 Å². The van der Waals surface area contributed by atoms with Crippen molar-refractivity contribution in [1.29, 1.82) is 0 Å². The van der Waals surface area contributed by atoms with E-state index in [1.165, 1.54) is 17.3 Å². The summed E-state index contributed by atoms with van der Waals surface area (Å²) in [4.78, 5) is 14.5. The maximum atomic E-state index is 10.8. The van der Waals surface area contributed by atoms with Gasteiger partial charge < -0.3 is 4.90 Å². The highest BCUT2D eigenvalue weighted by Crippen LogP contribution is 2.25. The van der Waals surface area contributed by atoms with E-state index < -0.39 is 0 Å². The summed E-state index contributed by atoms with van der Waals surface area (Å²) in [7, 11) is 3.80. The molecule has 0 unspecified atom stereocenters. The van der Waals surface area contributed by atoms with Crippen molar-refractivity contribution in [3.63, 3.8) is 0 Å². The maximum absolute atomic E-state index is 10.8. The normalized spacial score (nSPS) is 11.3. The van der Waals surface area contributed by atoms with Crippen molar-refractivity contribution in [2.75, 3.05) is 14.1 Å². The minimum atomic E-state index is 0.712. The average molecular weight is 221 g/mol. The van der Waals surface area contributed by atoms with Gasteiger partial charge in [-0.05, 0) is 19.1 Å². The van der Waals surface area contributed by atoms with Gasteiger partial charge in [0.15, 0.2) is 6.29 Å². The highest BCUT2D eigenvalue weighted by atomic mass is 32.2. The van der Waals surface area contributed by atoms with Crippen LogP contribution in [0.1, 0.15) is 5.56 Å². The molecule has 1 aromatic rings. The first-order valence-corrected chi connectivity index (χ1v) is 5.51. The first kappa shape index (κ1) is 11.9. The van der Waals surface area contributed by atoms with Gasteiger partial charge in [-0.25, -0.2) is 0 Å². The van der Waals surface area contributed by atoms with Crippen LogP contribution in [-0.4, -0.2) is 25.3 Å². The van der Waals surface area contributed by atoms with Crippen molar-refractivity contribution >= 4 is 18.0 Å². The van der Waals surface area contributed by atoms with Gasteiger partial charge in [0.05, 0.1) is 4.91 Å². The Kier molecular flexibility index (Phi) is 4.43. The summed E-state index contributed by atoms with van der Waals surface area (Å²) in [5.41, 5.74) is 1.23. The summed E-state index contributed by atoms with van der Waals surface area (Å²) >= 11 is 1.48. The Hall–Kier alpha value is -1.22. The van der Waals surface area contributed by atoms with E-state index in [0.29, 0.717) is 4.91 Å². The van der Waals surface area contributed by atoms with Gasteiger partial charge in [-0.15, -0.1) is 0 Å². The van der Waals surface area contributed by atoms with E-state index in [1.807, 2.05) is 56.4 Å². The third-order valence-corrected chi connectivity index (χ3v) is 2.70. The van der Waals surface area contributed by atoms with E-state index in [2.05, 4.69) is 0 Å². The Balaban J connectivity index is 2.75. The van der Waals surface area contributed by atoms with Crippen LogP contribution in [0.5, 0.6) is 0 Å². The van der Waals surface area contributed by atoms with Crippen LogP contribution < -0.4 is 0 Å². The molecule has 0 bridgehead atoms. The third kappa shape index (κ3) is 4.21. The minimum Gasteiger partial charge on any atom is -0.382 e. The van der Waals surface area contributed by atoms with Gasteiger partial charge >= 0.3 is 0 Å². The molecule has 1 rings (SSSR count). The zero-order valence-electron chi connectivity index (χ0n) is 9.23. The number of benzene rings is 1. The number of aldehydes is 1. The summed E-state index contributed by atoms with van der Waals surface area (Å²) in [5, 5.41) is 0. The predicted molar refractivity (Wildman–Crippen MR) is 64.9 cm³/mol. The fraction of sp³-hybridized carbons (Fsp3) is 0.250. The lowest BCUT2D eigenvalue weighted by Gasteiger charge is -2.07. The average Bonchev–Trinajstić information content (AvgIpc) is 2.19. The lowest BCUT2D eigenvalue weighted by atomic mass is 10.2. The Labute approximate surface area is 95.0 Å². The summed E-state index contributed by atoms with van der Waals surface area (Å²) in [6.07, 6.45) is 2.70. The topological polar surface area (TPSA) is 20.3 Å². The van der Waals surface area contributed by atoms with Crippen molar-refractivity contribution in [3.8, 4) is 0 Å². The fourth-order valence-corrected chi connectivity index (χ4v) is 1.93. The van der Waals surface area contributed by atoms with Crippen LogP contribution in [0.4, 0.5) is 0 Å². The van der Waals surface area contributed by atoms with Crippen molar-refractivity contribution < 1.29 is 4.79 Å². The maximum Gasteiger partial charge on any atom is 0.158 e. The van der Waals surface area contributed by atoms with E-state index in [0.717, 1.165) is 11.2 Å². The van der Waals surface area contributed by atoms with Crippen LogP contribution in [0.3, 0.4) is 0 Å². The van der Waals surface area contributed by atoms with Crippen LogP contribution in [-0.2, 0) is 4.79 Å². The van der Waals surface area contributed by atoms with E-state index in [1.54, 1.807) is 0 Å². The SMILES string of the molecule is Cc1ccc(S/C(C=O)=C\N(C)C)cc1. The minimum absolute atomic E-state index is 0.712. The van der Waals surface area contributed by atoms with Crippen molar-refractivity contribution in [2.45, 2.75) is 11.8 Å². The Morgan fingerprint density at radius 1 is 1.27 bits per heavy atom. The van der Waals surface area contributed by atoms with E-state index >= 15 is 0 Å². The zero-order chi connectivity index (χ0) is 11.3. The van der Waals surface area contributed by atoms with Crippen LogP contribution in [0.25, 0.3) is 0 Å². The van der Waals surface area contributed by atoms with Crippen LogP contribution in [0.2, 0.25) is 0 Å². The van der Waals surface area contributed by atoms with Gasteiger partial charge in [-0.3, -0.25) is 4.79 Å². The number of nitrogens with zero attached hydrogens (tertiary/aromatic N) is 1. The Morgan fingerprint density at radius 2 is 1.87 bits per heavy atom. The molecule has 0 aliphatic heterocycles.